The van der Waals surface area contributed by atoms with Crippen LogP contribution in [0.15, 0.2) is 162 Å². The third-order valence-corrected chi connectivity index (χ3v) is 11.3. The predicted octanol–water partition coefficient (Wildman–Crippen LogP) is 5.78. The van der Waals surface area contributed by atoms with E-state index in [1.54, 1.807) is 84.9 Å². The van der Waals surface area contributed by atoms with Crippen LogP contribution in [0, 0.1) is 10.1 Å². The summed E-state index contributed by atoms with van der Waals surface area (Å²) in [5.41, 5.74) is 0.148. The number of rotatable bonds is 16. The van der Waals surface area contributed by atoms with E-state index in [1.165, 1.54) is 40.9 Å². The number of non-ortho nitro benzene ring substituents is 1. The zero-order chi connectivity index (χ0) is 38.9. The second-order valence-corrected chi connectivity index (χ2v) is 15.2. The fourth-order valence-corrected chi connectivity index (χ4v) is 8.74. The molecule has 1 saturated heterocycles. The Labute approximate surface area is 343 Å². The van der Waals surface area contributed by atoms with Gasteiger partial charge in [0, 0.05) is 12.1 Å². The van der Waals surface area contributed by atoms with Gasteiger partial charge in [-0.05, 0) is 66.2 Å². The number of aliphatic imine (C=N–C) groups is 1. The minimum Gasteiger partial charge on any atom is -1.00 e. The van der Waals surface area contributed by atoms with E-state index < -0.39 is 36.4 Å². The smallest absolute Gasteiger partial charge is 0.766 e. The van der Waals surface area contributed by atoms with Crippen LogP contribution >= 0.6 is 31.5 Å². The number of carbonyl (C=O) groups excluding carboxylic acids is 2. The number of β-lactam (4-membered cyclic amide) rings is 1. The molecule has 292 valence electrons. The maximum Gasteiger partial charge on any atom is 0.766 e. The van der Waals surface area contributed by atoms with Crippen LogP contribution in [0.25, 0.3) is 0 Å². The lowest BCUT2D eigenvalue weighted by molar-refractivity contribution is -0.384. The van der Waals surface area contributed by atoms with Crippen LogP contribution in [-0.2, 0) is 25.5 Å². The lowest BCUT2D eigenvalue weighted by atomic mass is 10.1. The third kappa shape index (κ3) is 10.2. The molecule has 0 radical (unpaired) electrons. The molecule has 7 rings (SSSR count). The van der Waals surface area contributed by atoms with Gasteiger partial charge in [-0.1, -0.05) is 84.4 Å². The van der Waals surface area contributed by atoms with Crippen molar-refractivity contribution >= 4 is 54.3 Å². The average Bonchev–Trinajstić information content (AvgIpc) is 3.22. The Hall–Kier alpha value is -5.79. The summed E-state index contributed by atoms with van der Waals surface area (Å²) in [6.45, 7) is -0.335. The lowest BCUT2D eigenvalue weighted by Crippen LogP contribution is -3.00. The van der Waals surface area contributed by atoms with Gasteiger partial charge in [0.1, 0.15) is 29.5 Å². The van der Waals surface area contributed by atoms with Gasteiger partial charge >= 0.3 is 14.1 Å². The number of nitro groups is 1. The summed E-state index contributed by atoms with van der Waals surface area (Å²) in [5.74, 6) is 0.203. The topological polar surface area (TPSA) is 148 Å². The Morgan fingerprint density at radius 2 is 1.26 bits per heavy atom. The van der Waals surface area contributed by atoms with E-state index in [1.807, 2.05) is 36.4 Å². The number of fused-ring (bicyclic) bond motifs is 1. The Balaban J connectivity index is 0.00000549. The van der Waals surface area contributed by atoms with E-state index in [4.69, 9.17) is 39.2 Å². The second kappa shape index (κ2) is 18.9. The highest BCUT2D eigenvalue weighted by atomic mass is 35.5. The van der Waals surface area contributed by atoms with Crippen LogP contribution in [0.2, 0.25) is 0 Å². The SMILES string of the molecule is O=C(OCc1ccc([N+](=O)[O-])cc1)C1=C(O[P+](Oc2ccccc2)(Oc2ccccc2)Oc2ccccc2)CS[C@@H]2[C@H](N=C(Cl)COc3ccccc3)C(=O)N12.[Cl-]. The van der Waals surface area contributed by atoms with Crippen molar-refractivity contribution < 1.29 is 54.5 Å². The number of nitro benzene ring substituents is 1. The summed E-state index contributed by atoms with van der Waals surface area (Å²) in [6, 6.07) is 39.9. The standard InChI is InChI=1S/C40H32ClN3O10PS.ClH/c41-35(26-49-30-13-5-1-6-14-30)42-36-38(45)43-37(40(46)50-25-28-21-23-29(24-22-28)44(47)48)34(27-56-39(36)43)54-55(51-31-15-7-2-8-16-31,52-32-17-9-3-10-18-32)53-33-19-11-4-12-20-33;/h1-24,36,39H,25-27H2;1H/q+1;/p-1/t36-,39-;/m1./s1. The number of thioether (sulfide) groups is 1. The second-order valence-electron chi connectivity index (χ2n) is 12.0. The molecule has 0 bridgehead atoms. The monoisotopic (exact) mass is 847 g/mol. The van der Waals surface area contributed by atoms with Crippen molar-refractivity contribution in [2.45, 2.75) is 18.0 Å². The number of esters is 1. The van der Waals surface area contributed by atoms with E-state index in [-0.39, 0.29) is 53.7 Å². The molecule has 5 aromatic carbocycles. The molecule has 2 atom stereocenters. The highest BCUT2D eigenvalue weighted by molar-refractivity contribution is 8.00. The van der Waals surface area contributed by atoms with Crippen LogP contribution in [0.3, 0.4) is 0 Å². The van der Waals surface area contributed by atoms with E-state index in [2.05, 4.69) is 4.99 Å². The number of halogens is 2. The number of hydrogen-bond donors (Lipinski definition) is 0. The molecule has 1 amide bonds. The zero-order valence-electron chi connectivity index (χ0n) is 29.7. The minimum atomic E-state index is -4.06. The lowest BCUT2D eigenvalue weighted by Gasteiger charge is -2.47. The van der Waals surface area contributed by atoms with Gasteiger partial charge in [0.25, 0.3) is 11.6 Å². The van der Waals surface area contributed by atoms with Crippen LogP contribution in [-0.4, -0.2) is 50.6 Å². The van der Waals surface area contributed by atoms with Crippen LogP contribution in [0.4, 0.5) is 5.69 Å². The van der Waals surface area contributed by atoms with E-state index in [9.17, 15) is 19.7 Å². The molecule has 0 spiro atoms. The van der Waals surface area contributed by atoms with Crippen molar-refractivity contribution in [2.75, 3.05) is 12.4 Å². The van der Waals surface area contributed by atoms with Gasteiger partial charge < -0.3 is 21.9 Å². The van der Waals surface area contributed by atoms with Gasteiger partial charge in [0.05, 0.1) is 10.7 Å². The number of ether oxygens (including phenoxy) is 2. The van der Waals surface area contributed by atoms with Crippen LogP contribution < -0.4 is 30.7 Å². The first-order chi connectivity index (χ1) is 27.3. The molecule has 57 heavy (non-hydrogen) atoms. The van der Waals surface area contributed by atoms with Crippen molar-refractivity contribution in [3.05, 3.63) is 173 Å². The molecule has 5 aromatic rings. The number of hydrogen-bond acceptors (Lipinski definition) is 12. The van der Waals surface area contributed by atoms with E-state index in [0.29, 0.717) is 28.6 Å². The molecule has 1 fully saturated rings. The number of amides is 1. The average molecular weight is 849 g/mol. The van der Waals surface area contributed by atoms with Crippen LogP contribution in [0.1, 0.15) is 5.56 Å². The quantitative estimate of drug-likeness (QED) is 0.0297. The summed E-state index contributed by atoms with van der Waals surface area (Å²) in [4.78, 5) is 44.5. The highest BCUT2D eigenvalue weighted by Gasteiger charge is 2.61. The molecule has 0 N–H and O–H groups in total. The Morgan fingerprint density at radius 1 is 0.772 bits per heavy atom. The molecule has 2 aliphatic rings. The molecular weight excluding hydrogens is 816 g/mol. The number of para-hydroxylation sites is 4. The van der Waals surface area contributed by atoms with Crippen molar-refractivity contribution in [1.82, 2.24) is 4.90 Å². The largest absolute Gasteiger partial charge is 1.00 e. The first kappa shape index (κ1) is 40.9. The van der Waals surface area contributed by atoms with Gasteiger partial charge in [-0.15, -0.1) is 11.8 Å². The van der Waals surface area contributed by atoms with Crippen molar-refractivity contribution in [2.24, 2.45) is 4.99 Å². The van der Waals surface area contributed by atoms with Gasteiger partial charge in [-0.2, -0.15) is 0 Å². The van der Waals surface area contributed by atoms with Crippen LogP contribution in [0.5, 0.6) is 23.0 Å². The molecule has 0 aromatic heterocycles. The summed E-state index contributed by atoms with van der Waals surface area (Å²) >= 11 is 7.74. The van der Waals surface area contributed by atoms with Crippen molar-refractivity contribution in [3.63, 3.8) is 0 Å². The van der Waals surface area contributed by atoms with E-state index >= 15 is 0 Å². The Bertz CT molecular complexity index is 2120. The predicted molar refractivity (Wildman–Crippen MR) is 211 cm³/mol. The zero-order valence-corrected chi connectivity index (χ0v) is 32.9. The molecule has 2 aliphatic heterocycles. The van der Waals surface area contributed by atoms with E-state index in [0.717, 1.165) is 0 Å². The molecular formula is C40H32Cl2N3O10PS. The normalized spacial score (nSPS) is 16.3. The Kier molecular flexibility index (Phi) is 13.5. The Morgan fingerprint density at radius 3 is 1.75 bits per heavy atom. The summed E-state index contributed by atoms with van der Waals surface area (Å²) < 4.78 is 37.6. The van der Waals surface area contributed by atoms with Crippen molar-refractivity contribution in [1.29, 1.82) is 0 Å². The van der Waals surface area contributed by atoms with Crippen molar-refractivity contribution in [3.8, 4) is 23.0 Å². The fourth-order valence-electron chi connectivity index (χ4n) is 5.47. The first-order valence-corrected chi connectivity index (χ1v) is 20.0. The number of benzene rings is 5. The third-order valence-electron chi connectivity index (χ3n) is 8.10. The summed E-state index contributed by atoms with van der Waals surface area (Å²) in [7, 11) is -4.06. The molecule has 0 unspecified atom stereocenters. The maximum atomic E-state index is 14.2. The molecule has 2 heterocycles. The number of carbonyl (C=O) groups is 2. The number of nitrogens with zero attached hydrogens (tertiary/aromatic N) is 3. The highest BCUT2D eigenvalue weighted by Crippen LogP contribution is 2.64. The molecule has 0 aliphatic carbocycles. The summed E-state index contributed by atoms with van der Waals surface area (Å²) in [6.07, 6.45) is 0. The minimum absolute atomic E-state index is 0. The fraction of sp³-hybridized carbons (Fsp3) is 0.125. The molecule has 17 heteroatoms. The first-order valence-electron chi connectivity index (χ1n) is 17.1. The molecule has 0 saturated carbocycles. The summed E-state index contributed by atoms with van der Waals surface area (Å²) in [5, 5.41) is 10.6. The van der Waals surface area contributed by atoms with Gasteiger partial charge in [0.2, 0.25) is 5.76 Å². The van der Waals surface area contributed by atoms with Gasteiger partial charge in [-0.25, -0.2) is 22.9 Å². The maximum absolute atomic E-state index is 14.2. The van der Waals surface area contributed by atoms with Gasteiger partial charge in [-0.3, -0.25) is 24.8 Å². The van der Waals surface area contributed by atoms with Gasteiger partial charge in [0.15, 0.2) is 29.0 Å². The molecule has 13 nitrogen and oxygen atoms in total.